The van der Waals surface area contributed by atoms with Crippen LogP contribution in [0, 0.1) is 5.82 Å². The lowest BCUT2D eigenvalue weighted by Crippen LogP contribution is -2.13. The predicted molar refractivity (Wildman–Crippen MR) is 64.6 cm³/mol. The van der Waals surface area contributed by atoms with Gasteiger partial charge >= 0.3 is 6.18 Å². The lowest BCUT2D eigenvalue weighted by atomic mass is 10.2. The molecule has 0 saturated carbocycles. The number of alkyl halides is 3. The van der Waals surface area contributed by atoms with E-state index in [9.17, 15) is 22.4 Å². The van der Waals surface area contributed by atoms with Gasteiger partial charge in [-0.15, -0.1) is 0 Å². The van der Waals surface area contributed by atoms with Gasteiger partial charge in [0.1, 0.15) is 5.82 Å². The van der Waals surface area contributed by atoms with Crippen molar-refractivity contribution in [2.24, 2.45) is 0 Å². The molecule has 1 N–H and O–H groups in total. The lowest BCUT2D eigenvalue weighted by Gasteiger charge is -2.07. The molecule has 0 heterocycles. The summed E-state index contributed by atoms with van der Waals surface area (Å²) in [7, 11) is 0. The van der Waals surface area contributed by atoms with E-state index in [0.29, 0.717) is 0 Å². The molecule has 0 radical (unpaired) electrons. The van der Waals surface area contributed by atoms with Crippen LogP contribution >= 0.6 is 11.6 Å². The predicted octanol–water partition coefficient (Wildman–Crippen LogP) is 4.54. The van der Waals surface area contributed by atoms with Crippen LogP contribution in [0.1, 0.15) is 25.7 Å². The molecule has 0 atom stereocenters. The molecule has 1 amide bonds. The highest BCUT2D eigenvalue weighted by Gasteiger charge is 2.25. The van der Waals surface area contributed by atoms with Crippen molar-refractivity contribution in [3.05, 3.63) is 29.0 Å². The standard InChI is InChI=1S/C12H12ClF4NO/c13-8-4-5-10(9(14)7-8)18-11(19)3-1-2-6-12(15,16)17/h4-5,7H,1-3,6H2,(H,18,19). The highest BCUT2D eigenvalue weighted by atomic mass is 35.5. The van der Waals surface area contributed by atoms with Gasteiger partial charge in [-0.1, -0.05) is 11.6 Å². The summed E-state index contributed by atoms with van der Waals surface area (Å²) < 4.78 is 48.9. The fourth-order valence-corrected chi connectivity index (χ4v) is 1.57. The zero-order valence-corrected chi connectivity index (χ0v) is 10.6. The van der Waals surface area contributed by atoms with E-state index in [1.807, 2.05) is 0 Å². The molecule has 106 valence electrons. The van der Waals surface area contributed by atoms with E-state index < -0.39 is 24.3 Å². The molecule has 7 heteroatoms. The normalized spacial score (nSPS) is 11.4. The fourth-order valence-electron chi connectivity index (χ4n) is 1.41. The van der Waals surface area contributed by atoms with Gasteiger partial charge in [0.15, 0.2) is 0 Å². The van der Waals surface area contributed by atoms with E-state index in [4.69, 9.17) is 11.6 Å². The molecular formula is C12H12ClF4NO. The Morgan fingerprint density at radius 2 is 1.95 bits per heavy atom. The molecule has 1 aromatic carbocycles. The first-order valence-electron chi connectivity index (χ1n) is 5.59. The van der Waals surface area contributed by atoms with Crippen molar-refractivity contribution in [1.29, 1.82) is 0 Å². The van der Waals surface area contributed by atoms with E-state index in [0.717, 1.165) is 6.07 Å². The Bertz CT molecular complexity index is 448. The van der Waals surface area contributed by atoms with Gasteiger partial charge in [-0.2, -0.15) is 13.2 Å². The minimum absolute atomic E-state index is 0.0368. The summed E-state index contributed by atoms with van der Waals surface area (Å²) in [4.78, 5) is 11.4. The minimum atomic E-state index is -4.21. The largest absolute Gasteiger partial charge is 0.389 e. The van der Waals surface area contributed by atoms with E-state index in [2.05, 4.69) is 5.32 Å². The maximum atomic E-state index is 13.3. The van der Waals surface area contributed by atoms with Crippen LogP contribution in [0.3, 0.4) is 0 Å². The monoisotopic (exact) mass is 297 g/mol. The number of benzene rings is 1. The molecule has 0 saturated heterocycles. The molecule has 0 aliphatic heterocycles. The Morgan fingerprint density at radius 1 is 1.26 bits per heavy atom. The number of unbranched alkanes of at least 4 members (excludes halogenated alkanes) is 1. The maximum absolute atomic E-state index is 13.3. The SMILES string of the molecule is O=C(CCCCC(F)(F)F)Nc1ccc(Cl)cc1F. The third-order valence-corrected chi connectivity index (χ3v) is 2.55. The van der Waals surface area contributed by atoms with E-state index in [1.165, 1.54) is 12.1 Å². The maximum Gasteiger partial charge on any atom is 0.389 e. The molecule has 0 fully saturated rings. The van der Waals surface area contributed by atoms with Gasteiger partial charge in [-0.25, -0.2) is 4.39 Å². The molecule has 0 bridgehead atoms. The Balaban J connectivity index is 2.35. The number of hydrogen-bond acceptors (Lipinski definition) is 1. The van der Waals surface area contributed by atoms with Gasteiger partial charge < -0.3 is 5.32 Å². The molecule has 0 unspecified atom stereocenters. The van der Waals surface area contributed by atoms with Gasteiger partial charge in [0.25, 0.3) is 0 Å². The van der Waals surface area contributed by atoms with Crippen LogP contribution in [0.15, 0.2) is 18.2 Å². The van der Waals surface area contributed by atoms with Gasteiger partial charge in [-0.3, -0.25) is 4.79 Å². The topological polar surface area (TPSA) is 29.1 Å². The van der Waals surface area contributed by atoms with Crippen molar-refractivity contribution < 1.29 is 22.4 Å². The lowest BCUT2D eigenvalue weighted by molar-refractivity contribution is -0.136. The zero-order chi connectivity index (χ0) is 14.5. The van der Waals surface area contributed by atoms with E-state index in [1.54, 1.807) is 0 Å². The van der Waals surface area contributed by atoms with E-state index >= 15 is 0 Å². The Morgan fingerprint density at radius 3 is 2.53 bits per heavy atom. The van der Waals surface area contributed by atoms with Crippen molar-refractivity contribution in [1.82, 2.24) is 0 Å². The van der Waals surface area contributed by atoms with Crippen molar-refractivity contribution in [3.8, 4) is 0 Å². The van der Waals surface area contributed by atoms with Crippen molar-refractivity contribution in [2.45, 2.75) is 31.9 Å². The first-order chi connectivity index (χ1) is 8.78. The van der Waals surface area contributed by atoms with Crippen molar-refractivity contribution in [2.75, 3.05) is 5.32 Å². The second-order valence-corrected chi connectivity index (χ2v) is 4.43. The van der Waals surface area contributed by atoms with Crippen molar-refractivity contribution >= 4 is 23.2 Å². The highest BCUT2D eigenvalue weighted by Crippen LogP contribution is 2.23. The number of anilines is 1. The second kappa shape index (κ2) is 6.75. The summed E-state index contributed by atoms with van der Waals surface area (Å²) in [6.45, 7) is 0. The van der Waals surface area contributed by atoms with E-state index in [-0.39, 0.29) is 30.0 Å². The second-order valence-electron chi connectivity index (χ2n) is 3.99. The first-order valence-corrected chi connectivity index (χ1v) is 5.97. The van der Waals surface area contributed by atoms with Gasteiger partial charge in [0, 0.05) is 17.9 Å². The third kappa shape index (κ3) is 6.42. The van der Waals surface area contributed by atoms with Crippen LogP contribution in [0.4, 0.5) is 23.2 Å². The van der Waals surface area contributed by atoms with Gasteiger partial charge in [-0.05, 0) is 31.0 Å². The number of carbonyl (C=O) groups is 1. The smallest absolute Gasteiger partial charge is 0.324 e. The summed E-state index contributed by atoms with van der Waals surface area (Å²) >= 11 is 5.54. The van der Waals surface area contributed by atoms with Crippen LogP contribution in [-0.2, 0) is 4.79 Å². The molecule has 2 nitrogen and oxygen atoms in total. The van der Waals surface area contributed by atoms with Crippen LogP contribution in [0.5, 0.6) is 0 Å². The van der Waals surface area contributed by atoms with Crippen LogP contribution < -0.4 is 5.32 Å². The minimum Gasteiger partial charge on any atom is -0.324 e. The summed E-state index contributed by atoms with van der Waals surface area (Å²) in [5.41, 5.74) is -0.0368. The van der Waals surface area contributed by atoms with Crippen LogP contribution in [-0.4, -0.2) is 12.1 Å². The van der Waals surface area contributed by atoms with Gasteiger partial charge in [0.2, 0.25) is 5.91 Å². The number of halogens is 5. The Hall–Kier alpha value is -1.30. The van der Waals surface area contributed by atoms with Gasteiger partial charge in [0.05, 0.1) is 5.69 Å². The third-order valence-electron chi connectivity index (χ3n) is 2.32. The number of nitrogens with one attached hydrogen (secondary N) is 1. The first kappa shape index (κ1) is 15.8. The average Bonchev–Trinajstić information content (AvgIpc) is 2.27. The highest BCUT2D eigenvalue weighted by molar-refractivity contribution is 6.30. The molecular weight excluding hydrogens is 286 g/mol. The Kier molecular flexibility index (Phi) is 5.60. The fraction of sp³-hybridized carbons (Fsp3) is 0.417. The van der Waals surface area contributed by atoms with Crippen molar-refractivity contribution in [3.63, 3.8) is 0 Å². The van der Waals surface area contributed by atoms with Crippen LogP contribution in [0.25, 0.3) is 0 Å². The molecule has 0 spiro atoms. The zero-order valence-electron chi connectivity index (χ0n) is 9.86. The molecule has 0 aromatic heterocycles. The summed E-state index contributed by atoms with van der Waals surface area (Å²) in [5, 5.41) is 2.48. The summed E-state index contributed by atoms with van der Waals surface area (Å²) in [6, 6.07) is 3.75. The van der Waals surface area contributed by atoms with Crippen LogP contribution in [0.2, 0.25) is 5.02 Å². The average molecular weight is 298 g/mol. The molecule has 0 aliphatic carbocycles. The number of hydrogen-bond donors (Lipinski definition) is 1. The molecule has 1 rings (SSSR count). The number of carbonyl (C=O) groups excluding carboxylic acids is 1. The summed E-state index contributed by atoms with van der Waals surface area (Å²) in [5.74, 6) is -1.21. The number of amides is 1. The Labute approximate surface area is 112 Å². The molecule has 1 aromatic rings. The molecule has 19 heavy (non-hydrogen) atoms. The number of rotatable bonds is 5. The quantitative estimate of drug-likeness (QED) is 0.627. The molecule has 0 aliphatic rings. The summed E-state index contributed by atoms with van der Waals surface area (Å²) in [6.07, 6.45) is -5.24.